The average molecular weight is 760 g/mol. The molecule has 2 saturated heterocycles. The summed E-state index contributed by atoms with van der Waals surface area (Å²) in [6.07, 6.45) is 0.914. The number of imide groups is 2. The SMILES string of the molecule is COc1ccc2c(c1)C(=O)N(C[C@@]1(C#Cc3ccc4c(c3)CC[C@@]43NC(=O)N(COCC[Si](C)(C)C)C3=O)NC(=O)N(COCC[Si](C)(C)C)C1=O)C2. The minimum absolute atomic E-state index is 0.101. The number of hydrogen-bond acceptors (Lipinski definition) is 8. The minimum atomic E-state index is -1.74. The van der Waals surface area contributed by atoms with Crippen molar-refractivity contribution in [2.75, 3.05) is 40.3 Å². The van der Waals surface area contributed by atoms with E-state index in [0.29, 0.717) is 48.5 Å². The van der Waals surface area contributed by atoms with E-state index in [1.165, 1.54) is 12.0 Å². The fourth-order valence-corrected chi connectivity index (χ4v) is 8.46. The Kier molecular flexibility index (Phi) is 10.4. The molecule has 0 saturated carbocycles. The van der Waals surface area contributed by atoms with E-state index >= 15 is 0 Å². The molecule has 1 spiro atoms. The van der Waals surface area contributed by atoms with Gasteiger partial charge in [0.15, 0.2) is 0 Å². The highest BCUT2D eigenvalue weighted by molar-refractivity contribution is 6.76. The number of amides is 7. The Hall–Kier alpha value is -4.50. The summed E-state index contributed by atoms with van der Waals surface area (Å²) in [6.45, 7) is 14.0. The van der Waals surface area contributed by atoms with Gasteiger partial charge in [-0.15, -0.1) is 0 Å². The van der Waals surface area contributed by atoms with E-state index < -0.39 is 45.2 Å². The Morgan fingerprint density at radius 2 is 1.43 bits per heavy atom. The first kappa shape index (κ1) is 38.2. The zero-order chi connectivity index (χ0) is 38.3. The third kappa shape index (κ3) is 7.77. The summed E-state index contributed by atoms with van der Waals surface area (Å²) >= 11 is 0. The van der Waals surface area contributed by atoms with Crippen molar-refractivity contribution in [1.29, 1.82) is 0 Å². The number of methoxy groups -OCH3 is 1. The summed E-state index contributed by atoms with van der Waals surface area (Å²) in [5.74, 6) is 5.44. The highest BCUT2D eigenvalue weighted by atomic mass is 28.3. The van der Waals surface area contributed by atoms with Crippen molar-refractivity contribution in [3.63, 3.8) is 0 Å². The number of urea groups is 2. The van der Waals surface area contributed by atoms with E-state index in [9.17, 15) is 24.0 Å². The van der Waals surface area contributed by atoms with E-state index in [4.69, 9.17) is 14.2 Å². The quantitative estimate of drug-likeness (QED) is 0.133. The summed E-state index contributed by atoms with van der Waals surface area (Å²) in [4.78, 5) is 71.3. The first-order chi connectivity index (χ1) is 24.9. The van der Waals surface area contributed by atoms with Gasteiger partial charge in [0, 0.05) is 47.0 Å². The van der Waals surface area contributed by atoms with Gasteiger partial charge in [-0.1, -0.05) is 63.3 Å². The van der Waals surface area contributed by atoms with Gasteiger partial charge in [0.2, 0.25) is 5.54 Å². The van der Waals surface area contributed by atoms with E-state index in [2.05, 4.69) is 61.8 Å². The molecule has 4 aliphatic rings. The molecule has 0 radical (unpaired) electrons. The second kappa shape index (κ2) is 14.4. The van der Waals surface area contributed by atoms with Gasteiger partial charge in [0.05, 0.1) is 13.7 Å². The topological polar surface area (TPSA) is 147 Å². The number of nitrogens with zero attached hydrogens (tertiary/aromatic N) is 3. The Labute approximate surface area is 312 Å². The van der Waals surface area contributed by atoms with E-state index in [1.807, 2.05) is 12.1 Å². The smallest absolute Gasteiger partial charge is 0.327 e. The molecule has 2 aromatic rings. The molecular formula is C38H49N5O8Si2. The third-order valence-corrected chi connectivity index (χ3v) is 13.6. The van der Waals surface area contributed by atoms with Crippen molar-refractivity contribution in [2.45, 2.75) is 81.8 Å². The van der Waals surface area contributed by atoms with Crippen LogP contribution in [0, 0.1) is 11.8 Å². The highest BCUT2D eigenvalue weighted by Crippen LogP contribution is 2.42. The molecule has 2 atom stereocenters. The predicted molar refractivity (Wildman–Crippen MR) is 202 cm³/mol. The van der Waals surface area contributed by atoms with Crippen LogP contribution in [0.25, 0.3) is 0 Å². The van der Waals surface area contributed by atoms with Gasteiger partial charge in [0.1, 0.15) is 24.8 Å². The molecule has 282 valence electrons. The number of aryl methyl sites for hydroxylation is 1. The second-order valence-electron chi connectivity index (χ2n) is 16.6. The number of carbonyl (C=O) groups excluding carboxylic acids is 5. The van der Waals surface area contributed by atoms with Crippen LogP contribution in [0.2, 0.25) is 51.4 Å². The maximum atomic E-state index is 14.1. The van der Waals surface area contributed by atoms with Crippen LogP contribution in [0.1, 0.15) is 39.0 Å². The number of nitrogens with one attached hydrogen (secondary N) is 2. The van der Waals surface area contributed by atoms with E-state index in [1.54, 1.807) is 24.3 Å². The van der Waals surface area contributed by atoms with Crippen molar-refractivity contribution in [2.24, 2.45) is 0 Å². The largest absolute Gasteiger partial charge is 0.497 e. The van der Waals surface area contributed by atoms with Crippen molar-refractivity contribution >= 4 is 45.9 Å². The molecule has 53 heavy (non-hydrogen) atoms. The van der Waals surface area contributed by atoms with Crippen molar-refractivity contribution in [3.05, 3.63) is 64.2 Å². The number of carbonyl (C=O) groups is 5. The lowest BCUT2D eigenvalue weighted by Gasteiger charge is -2.27. The van der Waals surface area contributed by atoms with Crippen molar-refractivity contribution < 1.29 is 38.2 Å². The molecular weight excluding hydrogens is 711 g/mol. The molecule has 13 nitrogen and oxygen atoms in total. The zero-order valence-electron chi connectivity index (χ0n) is 31.6. The number of ether oxygens (including phenoxy) is 3. The highest BCUT2D eigenvalue weighted by Gasteiger charge is 2.56. The molecule has 7 amide bonds. The fourth-order valence-electron chi connectivity index (χ4n) is 6.95. The average Bonchev–Trinajstić information content (AvgIpc) is 3.75. The zero-order valence-corrected chi connectivity index (χ0v) is 33.6. The van der Waals surface area contributed by atoms with Crippen LogP contribution < -0.4 is 15.4 Å². The molecule has 2 aromatic carbocycles. The Balaban J connectivity index is 1.24. The summed E-state index contributed by atoms with van der Waals surface area (Å²) in [7, 11) is -1.22. The van der Waals surface area contributed by atoms with Crippen LogP contribution >= 0.6 is 0 Å². The normalized spacial score (nSPS) is 22.3. The van der Waals surface area contributed by atoms with Crippen molar-refractivity contribution in [1.82, 2.24) is 25.3 Å². The van der Waals surface area contributed by atoms with Gasteiger partial charge in [-0.25, -0.2) is 19.4 Å². The van der Waals surface area contributed by atoms with Crippen LogP contribution in [-0.4, -0.2) is 107 Å². The molecule has 0 unspecified atom stereocenters. The fraction of sp³-hybridized carbons (Fsp3) is 0.500. The second-order valence-corrected chi connectivity index (χ2v) is 27.9. The van der Waals surface area contributed by atoms with E-state index in [0.717, 1.165) is 33.0 Å². The van der Waals surface area contributed by atoms with Gasteiger partial charge in [-0.2, -0.15) is 0 Å². The maximum Gasteiger partial charge on any atom is 0.327 e. The first-order valence-corrected chi connectivity index (χ1v) is 25.4. The Bertz CT molecular complexity index is 1910. The summed E-state index contributed by atoms with van der Waals surface area (Å²) in [5, 5.41) is 5.72. The molecule has 2 fully saturated rings. The minimum Gasteiger partial charge on any atom is -0.497 e. The molecule has 15 heteroatoms. The number of hydrogen-bond donors (Lipinski definition) is 2. The Morgan fingerprint density at radius 1 is 0.792 bits per heavy atom. The summed E-state index contributed by atoms with van der Waals surface area (Å²) in [6, 6.07) is 11.3. The molecule has 0 bridgehead atoms. The van der Waals surface area contributed by atoms with Crippen LogP contribution in [0.3, 0.4) is 0 Å². The van der Waals surface area contributed by atoms with E-state index in [-0.39, 0.29) is 38.4 Å². The lowest BCUT2D eigenvalue weighted by Crippen LogP contribution is -2.54. The maximum absolute atomic E-state index is 14.1. The Morgan fingerprint density at radius 3 is 2.08 bits per heavy atom. The third-order valence-electron chi connectivity index (χ3n) is 10.2. The van der Waals surface area contributed by atoms with Gasteiger partial charge in [-0.3, -0.25) is 14.4 Å². The number of benzene rings is 2. The van der Waals surface area contributed by atoms with Crippen LogP contribution in [0.5, 0.6) is 5.75 Å². The standard InChI is InChI=1S/C38H49N5O8Si2/c1-49-29-10-9-28-22-41(32(44)30(28)21-29)23-37(33(45)42(35(47)39-37)24-50-16-18-52(2,3)4)14-12-26-8-11-31-27(20-26)13-15-38(31)34(46)43(36(48)40-38)25-51-17-19-53(5,6)7/h8-11,20-21H,13,15-19,22-25H2,1-7H3,(H,39,47)(H,40,48)/t37-,38-/m1/s1. The molecule has 1 aliphatic carbocycles. The first-order valence-electron chi connectivity index (χ1n) is 18.0. The van der Waals surface area contributed by atoms with Crippen LogP contribution in [-0.2, 0) is 37.6 Å². The van der Waals surface area contributed by atoms with Gasteiger partial charge in [-0.05, 0) is 65.9 Å². The van der Waals surface area contributed by atoms with Crippen LogP contribution in [0.4, 0.5) is 9.59 Å². The van der Waals surface area contributed by atoms with Gasteiger partial charge in [0.25, 0.3) is 17.7 Å². The lowest BCUT2D eigenvalue weighted by molar-refractivity contribution is -0.135. The molecule has 0 aromatic heterocycles. The lowest BCUT2D eigenvalue weighted by atomic mass is 9.91. The monoisotopic (exact) mass is 759 g/mol. The molecule has 6 rings (SSSR count). The molecule has 3 aliphatic heterocycles. The predicted octanol–water partition coefficient (Wildman–Crippen LogP) is 4.31. The van der Waals surface area contributed by atoms with Crippen molar-refractivity contribution in [3.8, 4) is 17.6 Å². The molecule has 3 heterocycles. The number of rotatable bonds is 13. The summed E-state index contributed by atoms with van der Waals surface area (Å²) in [5.41, 5.74) is 0.417. The van der Waals surface area contributed by atoms with Gasteiger partial charge < -0.3 is 29.7 Å². The van der Waals surface area contributed by atoms with Crippen LogP contribution in [0.15, 0.2) is 36.4 Å². The molecule has 2 N–H and O–H groups in total. The van der Waals surface area contributed by atoms with Gasteiger partial charge >= 0.3 is 12.1 Å². The summed E-state index contributed by atoms with van der Waals surface area (Å²) < 4.78 is 16.8. The number of fused-ring (bicyclic) bond motifs is 3.